The lowest BCUT2D eigenvalue weighted by Crippen LogP contribution is -2.48. The average molecular weight is 371 g/mol. The second-order valence-corrected chi connectivity index (χ2v) is 7.55. The number of hydrogen-bond donors (Lipinski definition) is 0. The number of thiophene rings is 1. The van der Waals surface area contributed by atoms with Gasteiger partial charge in [0.1, 0.15) is 11.5 Å². The van der Waals surface area contributed by atoms with Crippen molar-refractivity contribution < 1.29 is 9.18 Å². The highest BCUT2D eigenvalue weighted by Gasteiger charge is 2.25. The maximum atomic E-state index is 13.8. The highest BCUT2D eigenvalue weighted by Crippen LogP contribution is 2.26. The van der Waals surface area contributed by atoms with Gasteiger partial charge in [-0.3, -0.25) is 9.69 Å². The molecule has 0 aliphatic carbocycles. The summed E-state index contributed by atoms with van der Waals surface area (Å²) in [6, 6.07) is 11.0. The number of carbonyl (C=O) groups excluding carboxylic acids is 1. The molecule has 136 valence electrons. The first kappa shape index (κ1) is 17.2. The lowest BCUT2D eigenvalue weighted by Gasteiger charge is -2.35. The second kappa shape index (κ2) is 7.21. The fourth-order valence-electron chi connectivity index (χ4n) is 3.63. The lowest BCUT2D eigenvalue weighted by atomic mass is 10.2. The zero-order valence-electron chi connectivity index (χ0n) is 14.8. The summed E-state index contributed by atoms with van der Waals surface area (Å²) in [7, 11) is 0. The molecule has 0 unspecified atom stereocenters. The van der Waals surface area contributed by atoms with Crippen molar-refractivity contribution in [2.45, 2.75) is 20.0 Å². The van der Waals surface area contributed by atoms with Crippen molar-refractivity contribution in [3.8, 4) is 0 Å². The van der Waals surface area contributed by atoms with Crippen LogP contribution in [0.15, 0.2) is 41.8 Å². The molecule has 4 nitrogen and oxygen atoms in total. The molecule has 0 spiro atoms. The van der Waals surface area contributed by atoms with E-state index in [-0.39, 0.29) is 11.7 Å². The molecule has 26 heavy (non-hydrogen) atoms. The first-order valence-electron chi connectivity index (χ1n) is 8.99. The molecule has 6 heteroatoms. The normalized spacial score (nSPS) is 15.7. The SMILES string of the molecule is CCn1c(C(=O)N2CCN(Cc3ccccc3F)CC2)cc2sccc21. The number of amides is 1. The van der Waals surface area contributed by atoms with Crippen molar-refractivity contribution in [2.75, 3.05) is 26.2 Å². The molecule has 1 aromatic carbocycles. The predicted molar refractivity (Wildman–Crippen MR) is 103 cm³/mol. The van der Waals surface area contributed by atoms with Crippen LogP contribution in [-0.2, 0) is 13.1 Å². The Kier molecular flexibility index (Phi) is 4.78. The van der Waals surface area contributed by atoms with Crippen molar-refractivity contribution in [2.24, 2.45) is 0 Å². The van der Waals surface area contributed by atoms with Crippen molar-refractivity contribution in [3.63, 3.8) is 0 Å². The van der Waals surface area contributed by atoms with Crippen LogP contribution in [0, 0.1) is 5.82 Å². The fraction of sp³-hybridized carbons (Fsp3) is 0.350. The van der Waals surface area contributed by atoms with E-state index in [1.807, 2.05) is 23.1 Å². The number of aromatic nitrogens is 1. The Morgan fingerprint density at radius 2 is 1.92 bits per heavy atom. The number of rotatable bonds is 4. The number of hydrogen-bond acceptors (Lipinski definition) is 3. The topological polar surface area (TPSA) is 28.5 Å². The number of halogens is 1. The van der Waals surface area contributed by atoms with E-state index in [1.54, 1.807) is 17.4 Å². The van der Waals surface area contributed by atoms with E-state index in [4.69, 9.17) is 0 Å². The quantitative estimate of drug-likeness (QED) is 0.698. The minimum absolute atomic E-state index is 0.0980. The summed E-state index contributed by atoms with van der Waals surface area (Å²) in [5.74, 6) is -0.0624. The van der Waals surface area contributed by atoms with Crippen molar-refractivity contribution in [1.29, 1.82) is 0 Å². The molecule has 0 N–H and O–H groups in total. The van der Waals surface area contributed by atoms with E-state index in [2.05, 4.69) is 27.8 Å². The molecule has 3 heterocycles. The molecule has 0 saturated carbocycles. The monoisotopic (exact) mass is 371 g/mol. The average Bonchev–Trinajstić information content (AvgIpc) is 3.24. The minimum atomic E-state index is -0.160. The smallest absolute Gasteiger partial charge is 0.270 e. The molecule has 1 aliphatic rings. The molecule has 0 atom stereocenters. The summed E-state index contributed by atoms with van der Waals surface area (Å²) in [5.41, 5.74) is 2.63. The molecule has 4 rings (SSSR count). The molecule has 3 aromatic rings. The van der Waals surface area contributed by atoms with Crippen LogP contribution in [0.1, 0.15) is 23.0 Å². The Morgan fingerprint density at radius 1 is 1.15 bits per heavy atom. The summed E-state index contributed by atoms with van der Waals surface area (Å²) in [5, 5.41) is 2.06. The van der Waals surface area contributed by atoms with E-state index >= 15 is 0 Å². The maximum absolute atomic E-state index is 13.8. The summed E-state index contributed by atoms with van der Waals surface area (Å²) in [4.78, 5) is 17.1. The van der Waals surface area contributed by atoms with Gasteiger partial charge in [0.05, 0.1) is 10.2 Å². The van der Waals surface area contributed by atoms with E-state index < -0.39 is 0 Å². The first-order chi connectivity index (χ1) is 12.7. The molecule has 2 aromatic heterocycles. The van der Waals surface area contributed by atoms with Gasteiger partial charge in [0.25, 0.3) is 5.91 Å². The van der Waals surface area contributed by atoms with Crippen LogP contribution in [0.25, 0.3) is 10.2 Å². The Hall–Kier alpha value is -2.18. The largest absolute Gasteiger partial charge is 0.336 e. The van der Waals surface area contributed by atoms with Gasteiger partial charge in [0, 0.05) is 44.8 Å². The number of carbonyl (C=O) groups is 1. The van der Waals surface area contributed by atoms with Gasteiger partial charge in [-0.15, -0.1) is 11.3 Å². The van der Waals surface area contributed by atoms with E-state index in [0.717, 1.165) is 35.5 Å². The van der Waals surface area contributed by atoms with Crippen molar-refractivity contribution in [3.05, 3.63) is 58.9 Å². The third kappa shape index (κ3) is 3.15. The molecule has 1 saturated heterocycles. The zero-order valence-corrected chi connectivity index (χ0v) is 15.6. The van der Waals surface area contributed by atoms with Gasteiger partial charge < -0.3 is 9.47 Å². The molecule has 1 aliphatic heterocycles. The Balaban J connectivity index is 1.43. The highest BCUT2D eigenvalue weighted by atomic mass is 32.1. The number of aryl methyl sites for hydroxylation is 1. The molecular weight excluding hydrogens is 349 g/mol. The molecule has 0 radical (unpaired) electrons. The minimum Gasteiger partial charge on any atom is -0.336 e. The Bertz CT molecular complexity index is 924. The summed E-state index contributed by atoms with van der Waals surface area (Å²) in [6.45, 7) is 6.33. The maximum Gasteiger partial charge on any atom is 0.270 e. The molecule has 1 fully saturated rings. The number of nitrogens with zero attached hydrogens (tertiary/aromatic N) is 3. The van der Waals surface area contributed by atoms with Gasteiger partial charge >= 0.3 is 0 Å². The third-order valence-electron chi connectivity index (χ3n) is 5.07. The lowest BCUT2D eigenvalue weighted by molar-refractivity contribution is 0.0617. The zero-order chi connectivity index (χ0) is 18.1. The van der Waals surface area contributed by atoms with E-state index in [9.17, 15) is 9.18 Å². The van der Waals surface area contributed by atoms with Crippen LogP contribution in [0.4, 0.5) is 4.39 Å². The van der Waals surface area contributed by atoms with E-state index in [0.29, 0.717) is 25.2 Å². The third-order valence-corrected chi connectivity index (χ3v) is 5.92. The van der Waals surface area contributed by atoms with Crippen LogP contribution in [0.2, 0.25) is 0 Å². The molecular formula is C20H22FN3OS. The van der Waals surface area contributed by atoms with Crippen LogP contribution in [-0.4, -0.2) is 46.5 Å². The van der Waals surface area contributed by atoms with Crippen LogP contribution in [0.3, 0.4) is 0 Å². The summed E-state index contributed by atoms with van der Waals surface area (Å²) < 4.78 is 17.1. The van der Waals surface area contributed by atoms with E-state index in [1.165, 1.54) is 6.07 Å². The van der Waals surface area contributed by atoms with Gasteiger partial charge in [0.2, 0.25) is 0 Å². The van der Waals surface area contributed by atoms with Gasteiger partial charge in [-0.25, -0.2) is 4.39 Å². The Labute approximate surface area is 156 Å². The summed E-state index contributed by atoms with van der Waals surface area (Å²) >= 11 is 1.67. The van der Waals surface area contributed by atoms with Gasteiger partial charge in [-0.2, -0.15) is 0 Å². The second-order valence-electron chi connectivity index (χ2n) is 6.60. The highest BCUT2D eigenvalue weighted by molar-refractivity contribution is 7.17. The first-order valence-corrected chi connectivity index (χ1v) is 9.87. The van der Waals surface area contributed by atoms with Crippen LogP contribution in [0.5, 0.6) is 0 Å². The van der Waals surface area contributed by atoms with Gasteiger partial charge in [0.15, 0.2) is 0 Å². The summed E-state index contributed by atoms with van der Waals surface area (Å²) in [6.07, 6.45) is 0. The number of benzene rings is 1. The fourth-order valence-corrected chi connectivity index (χ4v) is 4.46. The molecule has 0 bridgehead atoms. The Morgan fingerprint density at radius 3 is 2.65 bits per heavy atom. The number of piperazine rings is 1. The van der Waals surface area contributed by atoms with Gasteiger partial charge in [-0.05, 0) is 30.5 Å². The van der Waals surface area contributed by atoms with Gasteiger partial charge in [-0.1, -0.05) is 18.2 Å². The predicted octanol–water partition coefficient (Wildman–Crippen LogP) is 3.82. The van der Waals surface area contributed by atoms with Crippen LogP contribution >= 0.6 is 11.3 Å². The van der Waals surface area contributed by atoms with Crippen molar-refractivity contribution in [1.82, 2.24) is 14.4 Å². The standard InChI is InChI=1S/C20H22FN3OS/c1-2-24-17-7-12-26-19(17)13-18(24)20(25)23-10-8-22(9-11-23)14-15-5-3-4-6-16(15)21/h3-7,12-13H,2,8-11,14H2,1H3. The van der Waals surface area contributed by atoms with Crippen LogP contribution < -0.4 is 0 Å². The van der Waals surface area contributed by atoms with Crippen molar-refractivity contribution >= 4 is 27.5 Å². The number of fused-ring (bicyclic) bond motifs is 1. The molecule has 1 amide bonds.